The largest absolute Gasteiger partial charge is 0.334 e. The molecular formula is C20H29N5. The Bertz CT molecular complexity index is 660. The Labute approximate surface area is 150 Å². The third-order valence-corrected chi connectivity index (χ3v) is 5.86. The summed E-state index contributed by atoms with van der Waals surface area (Å²) in [6, 6.07) is 4.70. The molecule has 4 rings (SSSR count). The van der Waals surface area contributed by atoms with Crippen LogP contribution in [-0.2, 0) is 13.1 Å². The van der Waals surface area contributed by atoms with Crippen molar-refractivity contribution in [2.45, 2.75) is 45.3 Å². The molecule has 1 atom stereocenters. The first-order chi connectivity index (χ1) is 12.3. The monoisotopic (exact) mass is 339 g/mol. The fourth-order valence-electron chi connectivity index (χ4n) is 4.56. The number of piperidine rings is 1. The summed E-state index contributed by atoms with van der Waals surface area (Å²) in [4.78, 5) is 14.2. The summed E-state index contributed by atoms with van der Waals surface area (Å²) >= 11 is 0. The third-order valence-electron chi connectivity index (χ3n) is 5.86. The number of hydrogen-bond acceptors (Lipinski definition) is 4. The van der Waals surface area contributed by atoms with Crippen molar-refractivity contribution in [2.75, 3.05) is 26.2 Å². The summed E-state index contributed by atoms with van der Waals surface area (Å²) in [5.41, 5.74) is 1.32. The summed E-state index contributed by atoms with van der Waals surface area (Å²) in [7, 11) is 0. The van der Waals surface area contributed by atoms with Gasteiger partial charge in [0.1, 0.15) is 5.82 Å². The highest BCUT2D eigenvalue weighted by atomic mass is 15.2. The number of aryl methyl sites for hydroxylation is 1. The molecule has 0 aliphatic carbocycles. The lowest BCUT2D eigenvalue weighted by Crippen LogP contribution is -2.41. The quantitative estimate of drug-likeness (QED) is 0.858. The van der Waals surface area contributed by atoms with Crippen molar-refractivity contribution in [3.05, 3.63) is 48.3 Å². The van der Waals surface area contributed by atoms with E-state index >= 15 is 0 Å². The topological polar surface area (TPSA) is 37.2 Å². The van der Waals surface area contributed by atoms with E-state index in [0.29, 0.717) is 12.0 Å². The molecule has 1 saturated heterocycles. The van der Waals surface area contributed by atoms with Crippen LogP contribution in [0.25, 0.3) is 0 Å². The molecule has 0 N–H and O–H groups in total. The van der Waals surface area contributed by atoms with Crippen LogP contribution in [0.1, 0.15) is 43.6 Å². The summed E-state index contributed by atoms with van der Waals surface area (Å²) in [6.45, 7) is 9.10. The van der Waals surface area contributed by atoms with E-state index in [1.165, 1.54) is 50.3 Å². The standard InChI is InChI=1S/C20H29N5/c1-2-24-10-4-11-25-14-9-22-20(25)19(24)18-6-12-23(13-7-18)16-17-5-3-8-21-15-17/h3,5,8-9,14-15,18-19H,2,4,6-7,10-13,16H2,1H3. The molecule has 0 saturated carbocycles. The lowest BCUT2D eigenvalue weighted by Gasteiger charge is -2.39. The van der Waals surface area contributed by atoms with Crippen LogP contribution in [0, 0.1) is 5.92 Å². The maximum atomic E-state index is 4.76. The first-order valence-electron chi connectivity index (χ1n) is 9.71. The molecule has 5 nitrogen and oxygen atoms in total. The van der Waals surface area contributed by atoms with Gasteiger partial charge >= 0.3 is 0 Å². The van der Waals surface area contributed by atoms with Crippen molar-refractivity contribution in [3.63, 3.8) is 0 Å². The molecule has 0 spiro atoms. The van der Waals surface area contributed by atoms with Gasteiger partial charge in [0.25, 0.3) is 0 Å². The highest BCUT2D eigenvalue weighted by molar-refractivity contribution is 5.09. The Kier molecular flexibility index (Phi) is 5.13. The van der Waals surface area contributed by atoms with E-state index in [9.17, 15) is 0 Å². The number of hydrogen-bond donors (Lipinski definition) is 0. The van der Waals surface area contributed by atoms with Crippen molar-refractivity contribution >= 4 is 0 Å². The summed E-state index contributed by atoms with van der Waals surface area (Å²) in [5, 5.41) is 0. The molecule has 2 aromatic rings. The van der Waals surface area contributed by atoms with E-state index in [4.69, 9.17) is 4.98 Å². The second-order valence-corrected chi connectivity index (χ2v) is 7.38. The van der Waals surface area contributed by atoms with Crippen LogP contribution in [0.5, 0.6) is 0 Å². The molecule has 134 valence electrons. The fourth-order valence-corrected chi connectivity index (χ4v) is 4.56. The van der Waals surface area contributed by atoms with E-state index in [0.717, 1.165) is 19.6 Å². The highest BCUT2D eigenvalue weighted by Crippen LogP contribution is 2.36. The second-order valence-electron chi connectivity index (χ2n) is 7.38. The van der Waals surface area contributed by atoms with Crippen molar-refractivity contribution in [2.24, 2.45) is 5.92 Å². The maximum absolute atomic E-state index is 4.76. The predicted octanol–water partition coefficient (Wildman–Crippen LogP) is 2.96. The minimum atomic E-state index is 0.489. The smallest absolute Gasteiger partial charge is 0.126 e. The Balaban J connectivity index is 1.44. The van der Waals surface area contributed by atoms with Gasteiger partial charge in [-0.15, -0.1) is 0 Å². The normalized spacial score (nSPS) is 23.3. The van der Waals surface area contributed by atoms with E-state index in [2.05, 4.69) is 38.5 Å². The number of likely N-dealkylation sites (tertiary alicyclic amines) is 1. The molecule has 0 radical (unpaired) electrons. The Morgan fingerprint density at radius 3 is 2.76 bits per heavy atom. The lowest BCUT2D eigenvalue weighted by molar-refractivity contribution is 0.0853. The molecule has 4 heterocycles. The molecule has 5 heteroatoms. The van der Waals surface area contributed by atoms with Crippen molar-refractivity contribution < 1.29 is 0 Å². The van der Waals surface area contributed by atoms with Crippen molar-refractivity contribution in [1.29, 1.82) is 0 Å². The van der Waals surface area contributed by atoms with Gasteiger partial charge < -0.3 is 4.57 Å². The average molecular weight is 339 g/mol. The van der Waals surface area contributed by atoms with Gasteiger partial charge in [-0.05, 0) is 56.4 Å². The molecule has 2 aliphatic heterocycles. The first-order valence-corrected chi connectivity index (χ1v) is 9.71. The molecule has 2 aromatic heterocycles. The molecule has 0 bridgehead atoms. The predicted molar refractivity (Wildman–Crippen MR) is 99.1 cm³/mol. The van der Waals surface area contributed by atoms with Crippen LogP contribution in [-0.4, -0.2) is 50.5 Å². The number of fused-ring (bicyclic) bond motifs is 1. The number of aromatic nitrogens is 3. The minimum Gasteiger partial charge on any atom is -0.334 e. The summed E-state index contributed by atoms with van der Waals surface area (Å²) in [6.07, 6.45) is 11.7. The zero-order valence-corrected chi connectivity index (χ0v) is 15.2. The van der Waals surface area contributed by atoms with Gasteiger partial charge in [-0.1, -0.05) is 13.0 Å². The zero-order chi connectivity index (χ0) is 17.1. The molecule has 0 amide bonds. The highest BCUT2D eigenvalue weighted by Gasteiger charge is 2.35. The van der Waals surface area contributed by atoms with E-state index in [1.54, 1.807) is 0 Å². The number of pyridine rings is 1. The summed E-state index contributed by atoms with van der Waals surface area (Å²) in [5.74, 6) is 2.01. The molecule has 25 heavy (non-hydrogen) atoms. The van der Waals surface area contributed by atoms with Crippen molar-refractivity contribution in [1.82, 2.24) is 24.3 Å². The Morgan fingerprint density at radius 2 is 2.00 bits per heavy atom. The average Bonchev–Trinajstić information content (AvgIpc) is 3.04. The van der Waals surface area contributed by atoms with E-state index in [-0.39, 0.29) is 0 Å². The van der Waals surface area contributed by atoms with Gasteiger partial charge in [0.05, 0.1) is 6.04 Å². The van der Waals surface area contributed by atoms with E-state index < -0.39 is 0 Å². The lowest BCUT2D eigenvalue weighted by atomic mass is 9.87. The zero-order valence-electron chi connectivity index (χ0n) is 15.2. The number of imidazole rings is 1. The van der Waals surface area contributed by atoms with E-state index in [1.807, 2.05) is 24.7 Å². The van der Waals surface area contributed by atoms with Gasteiger partial charge in [-0.3, -0.25) is 14.8 Å². The van der Waals surface area contributed by atoms with Gasteiger partial charge in [0, 0.05) is 44.4 Å². The minimum absolute atomic E-state index is 0.489. The van der Waals surface area contributed by atoms with Crippen LogP contribution < -0.4 is 0 Å². The van der Waals surface area contributed by atoms with Crippen LogP contribution in [0.15, 0.2) is 36.9 Å². The maximum Gasteiger partial charge on any atom is 0.126 e. The second kappa shape index (κ2) is 7.67. The Hall–Kier alpha value is -1.72. The van der Waals surface area contributed by atoms with Crippen LogP contribution in [0.2, 0.25) is 0 Å². The van der Waals surface area contributed by atoms with Gasteiger partial charge in [-0.2, -0.15) is 0 Å². The van der Waals surface area contributed by atoms with Crippen LogP contribution >= 0.6 is 0 Å². The Morgan fingerprint density at radius 1 is 1.12 bits per heavy atom. The number of nitrogens with zero attached hydrogens (tertiary/aromatic N) is 5. The first kappa shape index (κ1) is 16.7. The fraction of sp³-hybridized carbons (Fsp3) is 0.600. The van der Waals surface area contributed by atoms with Gasteiger partial charge in [-0.25, -0.2) is 4.98 Å². The molecule has 1 unspecified atom stereocenters. The molecule has 0 aromatic carbocycles. The van der Waals surface area contributed by atoms with Crippen LogP contribution in [0.3, 0.4) is 0 Å². The van der Waals surface area contributed by atoms with Crippen LogP contribution in [0.4, 0.5) is 0 Å². The molecule has 2 aliphatic rings. The van der Waals surface area contributed by atoms with Crippen molar-refractivity contribution in [3.8, 4) is 0 Å². The SMILES string of the molecule is CCN1CCCn2ccnc2C1C1CCN(Cc2cccnc2)CC1. The molecular weight excluding hydrogens is 310 g/mol. The van der Waals surface area contributed by atoms with Gasteiger partial charge in [0.15, 0.2) is 0 Å². The van der Waals surface area contributed by atoms with Gasteiger partial charge in [0.2, 0.25) is 0 Å². The number of rotatable bonds is 4. The summed E-state index contributed by atoms with van der Waals surface area (Å²) < 4.78 is 2.39. The third kappa shape index (κ3) is 3.62. The molecule has 1 fully saturated rings.